The second-order valence-corrected chi connectivity index (χ2v) is 6.76. The molecular formula is C18H17BrN2O3. The number of carboxylic acids is 1. The van der Waals surface area contributed by atoms with Gasteiger partial charge in [0.15, 0.2) is 5.54 Å². The summed E-state index contributed by atoms with van der Waals surface area (Å²) >= 11 is 3.39. The molecule has 2 aromatic carbocycles. The van der Waals surface area contributed by atoms with E-state index in [9.17, 15) is 14.7 Å². The summed E-state index contributed by atoms with van der Waals surface area (Å²) in [6.07, 6.45) is -0.306. The highest BCUT2D eigenvalue weighted by molar-refractivity contribution is 9.10. The van der Waals surface area contributed by atoms with Crippen LogP contribution in [-0.4, -0.2) is 31.1 Å². The van der Waals surface area contributed by atoms with Crippen LogP contribution in [0.1, 0.15) is 12.0 Å². The summed E-state index contributed by atoms with van der Waals surface area (Å²) in [5.74, 6) is -1.26. The maximum Gasteiger partial charge on any atom is 0.306 e. The summed E-state index contributed by atoms with van der Waals surface area (Å²) in [5.41, 5.74) is 0.973. The van der Waals surface area contributed by atoms with E-state index in [1.165, 1.54) is 4.90 Å². The van der Waals surface area contributed by atoms with Gasteiger partial charge in [0.05, 0.1) is 6.42 Å². The first-order valence-electron chi connectivity index (χ1n) is 7.47. The Hall–Kier alpha value is -2.34. The predicted octanol–water partition coefficient (Wildman–Crippen LogP) is 3.23. The molecule has 0 radical (unpaired) electrons. The monoisotopic (exact) mass is 388 g/mol. The van der Waals surface area contributed by atoms with E-state index in [0.29, 0.717) is 5.56 Å². The van der Waals surface area contributed by atoms with Crippen molar-refractivity contribution in [3.63, 3.8) is 0 Å². The predicted molar refractivity (Wildman–Crippen MR) is 96.3 cm³/mol. The number of para-hydroxylation sites is 1. The first-order valence-corrected chi connectivity index (χ1v) is 8.26. The lowest BCUT2D eigenvalue weighted by Gasteiger charge is -2.38. The fourth-order valence-corrected chi connectivity index (χ4v) is 3.60. The van der Waals surface area contributed by atoms with Gasteiger partial charge in [0.1, 0.15) is 0 Å². The van der Waals surface area contributed by atoms with E-state index >= 15 is 0 Å². The average Bonchev–Trinajstić information content (AvgIpc) is 2.78. The highest BCUT2D eigenvalue weighted by Gasteiger charge is 2.54. The first kappa shape index (κ1) is 16.5. The Kier molecular flexibility index (Phi) is 4.09. The van der Waals surface area contributed by atoms with Crippen molar-refractivity contribution in [1.82, 2.24) is 0 Å². The van der Waals surface area contributed by atoms with Crippen molar-refractivity contribution in [3.8, 4) is 0 Å². The number of nitrogens with zero attached hydrogens (tertiary/aromatic N) is 2. The molecule has 0 saturated heterocycles. The smallest absolute Gasteiger partial charge is 0.306 e. The summed E-state index contributed by atoms with van der Waals surface area (Å²) in [4.78, 5) is 28.0. The van der Waals surface area contributed by atoms with E-state index < -0.39 is 11.5 Å². The maximum atomic E-state index is 13.1. The van der Waals surface area contributed by atoms with Crippen molar-refractivity contribution in [1.29, 1.82) is 0 Å². The summed E-state index contributed by atoms with van der Waals surface area (Å²) in [6.45, 7) is 0. The topological polar surface area (TPSA) is 60.9 Å². The number of carbonyl (C=O) groups excluding carboxylic acids is 1. The molecule has 1 amide bonds. The summed E-state index contributed by atoms with van der Waals surface area (Å²) in [5, 5.41) is 9.50. The normalized spacial score (nSPS) is 19.3. The van der Waals surface area contributed by atoms with Crippen LogP contribution in [0.3, 0.4) is 0 Å². The minimum atomic E-state index is -1.26. The molecule has 1 atom stereocenters. The van der Waals surface area contributed by atoms with Crippen LogP contribution < -0.4 is 9.80 Å². The van der Waals surface area contributed by atoms with Crippen LogP contribution in [0.25, 0.3) is 0 Å². The Bertz CT molecular complexity index is 806. The van der Waals surface area contributed by atoms with Crippen LogP contribution in [0.5, 0.6) is 0 Å². The van der Waals surface area contributed by atoms with Gasteiger partial charge in [0, 0.05) is 35.5 Å². The van der Waals surface area contributed by atoms with Crippen LogP contribution in [0.4, 0.5) is 11.4 Å². The Labute approximate surface area is 148 Å². The van der Waals surface area contributed by atoms with Gasteiger partial charge in [0.2, 0.25) is 0 Å². The molecule has 1 unspecified atom stereocenters. The maximum absolute atomic E-state index is 13.1. The fourth-order valence-electron chi connectivity index (χ4n) is 3.34. The summed E-state index contributed by atoms with van der Waals surface area (Å²) in [6, 6.07) is 14.8. The summed E-state index contributed by atoms with van der Waals surface area (Å²) < 4.78 is 0.919. The van der Waals surface area contributed by atoms with Crippen LogP contribution in [0.15, 0.2) is 53.0 Å². The molecule has 1 aliphatic rings. The van der Waals surface area contributed by atoms with E-state index in [2.05, 4.69) is 15.9 Å². The number of anilines is 2. The minimum absolute atomic E-state index is 0.239. The second-order valence-electron chi connectivity index (χ2n) is 5.85. The molecule has 124 valence electrons. The highest BCUT2D eigenvalue weighted by atomic mass is 79.9. The number of hydrogen-bond acceptors (Lipinski definition) is 3. The average molecular weight is 389 g/mol. The van der Waals surface area contributed by atoms with Gasteiger partial charge in [-0.15, -0.1) is 0 Å². The number of hydrogen-bond donors (Lipinski definition) is 1. The quantitative estimate of drug-likeness (QED) is 0.873. The first-order chi connectivity index (χ1) is 11.4. The molecule has 6 heteroatoms. The molecule has 1 heterocycles. The molecule has 0 saturated carbocycles. The number of benzene rings is 2. The Morgan fingerprint density at radius 1 is 1.21 bits per heavy atom. The van der Waals surface area contributed by atoms with E-state index in [4.69, 9.17) is 0 Å². The third-order valence-electron chi connectivity index (χ3n) is 4.56. The van der Waals surface area contributed by atoms with Crippen LogP contribution in [0, 0.1) is 0 Å². The SMILES string of the molecule is CN1C(=O)C(CC(=O)O)(N(C)c2ccc(Br)cc2)c2ccccc21. The molecule has 3 rings (SSSR count). The van der Waals surface area contributed by atoms with Crippen LogP contribution in [0.2, 0.25) is 0 Å². The molecule has 0 fully saturated rings. The van der Waals surface area contributed by atoms with Crippen molar-refractivity contribution in [2.75, 3.05) is 23.9 Å². The number of aliphatic carboxylic acids is 1. The van der Waals surface area contributed by atoms with Crippen molar-refractivity contribution in [2.45, 2.75) is 12.0 Å². The van der Waals surface area contributed by atoms with Gasteiger partial charge in [0.25, 0.3) is 5.91 Å². The molecule has 0 aromatic heterocycles. The molecule has 1 aliphatic heterocycles. The van der Waals surface area contributed by atoms with E-state index in [0.717, 1.165) is 15.8 Å². The van der Waals surface area contributed by atoms with Gasteiger partial charge in [-0.2, -0.15) is 0 Å². The lowest BCUT2D eigenvalue weighted by molar-refractivity contribution is -0.141. The van der Waals surface area contributed by atoms with E-state index in [-0.39, 0.29) is 12.3 Å². The van der Waals surface area contributed by atoms with Gasteiger partial charge in [-0.25, -0.2) is 0 Å². The molecule has 0 bridgehead atoms. The minimum Gasteiger partial charge on any atom is -0.481 e. The highest BCUT2D eigenvalue weighted by Crippen LogP contribution is 2.46. The Balaban J connectivity index is 2.20. The third-order valence-corrected chi connectivity index (χ3v) is 5.09. The third kappa shape index (κ3) is 2.38. The van der Waals surface area contributed by atoms with Crippen molar-refractivity contribution >= 4 is 39.2 Å². The lowest BCUT2D eigenvalue weighted by Crippen LogP contribution is -2.52. The number of carbonyl (C=O) groups is 2. The molecular weight excluding hydrogens is 372 g/mol. The standard InChI is InChI=1S/C18H17BrN2O3/c1-20-15-6-4-3-5-14(15)18(17(20)24,11-16(22)23)21(2)13-9-7-12(19)8-10-13/h3-10H,11H2,1-2H3,(H,22,23). The number of rotatable bonds is 4. The zero-order valence-electron chi connectivity index (χ0n) is 13.4. The van der Waals surface area contributed by atoms with Gasteiger partial charge in [-0.1, -0.05) is 34.1 Å². The number of amides is 1. The molecule has 1 N–H and O–H groups in total. The second kappa shape index (κ2) is 5.94. The molecule has 0 aliphatic carbocycles. The number of halogens is 1. The number of fused-ring (bicyclic) bond motifs is 1. The van der Waals surface area contributed by atoms with Crippen molar-refractivity contribution in [3.05, 3.63) is 58.6 Å². The van der Waals surface area contributed by atoms with E-state index in [1.807, 2.05) is 48.5 Å². The number of carboxylic acid groups (broad SMARTS) is 1. The molecule has 2 aromatic rings. The molecule has 24 heavy (non-hydrogen) atoms. The van der Waals surface area contributed by atoms with Crippen molar-refractivity contribution < 1.29 is 14.7 Å². The fraction of sp³-hybridized carbons (Fsp3) is 0.222. The number of likely N-dealkylation sites (N-methyl/N-ethyl adjacent to an activating group) is 2. The Morgan fingerprint density at radius 2 is 1.83 bits per heavy atom. The van der Waals surface area contributed by atoms with Gasteiger partial charge in [-0.05, 0) is 30.3 Å². The summed E-state index contributed by atoms with van der Waals surface area (Å²) in [7, 11) is 3.44. The lowest BCUT2D eigenvalue weighted by atomic mass is 9.85. The van der Waals surface area contributed by atoms with Crippen molar-refractivity contribution in [2.24, 2.45) is 0 Å². The molecule has 5 nitrogen and oxygen atoms in total. The zero-order valence-corrected chi connectivity index (χ0v) is 14.9. The van der Waals surface area contributed by atoms with Crippen LogP contribution in [-0.2, 0) is 15.1 Å². The van der Waals surface area contributed by atoms with Gasteiger partial charge < -0.3 is 14.9 Å². The zero-order chi connectivity index (χ0) is 17.5. The molecule has 0 spiro atoms. The van der Waals surface area contributed by atoms with Crippen LogP contribution >= 0.6 is 15.9 Å². The van der Waals surface area contributed by atoms with E-state index in [1.54, 1.807) is 19.0 Å². The van der Waals surface area contributed by atoms with Gasteiger partial charge in [-0.3, -0.25) is 9.59 Å². The largest absolute Gasteiger partial charge is 0.481 e. The Morgan fingerprint density at radius 3 is 2.46 bits per heavy atom. The van der Waals surface area contributed by atoms with Gasteiger partial charge >= 0.3 is 5.97 Å².